The molecule has 2 aromatic carbocycles. The number of anilines is 1. The van der Waals surface area contributed by atoms with Crippen molar-refractivity contribution in [3.05, 3.63) is 70.6 Å². The van der Waals surface area contributed by atoms with E-state index in [4.69, 9.17) is 0 Å². The Bertz CT molecular complexity index is 758. The minimum absolute atomic E-state index is 0.266. The highest BCUT2D eigenvalue weighted by Crippen LogP contribution is 2.20. The second-order valence-electron chi connectivity index (χ2n) is 4.51. The van der Waals surface area contributed by atoms with Crippen molar-refractivity contribution in [3.63, 3.8) is 0 Å². The molecular weight excluding hydrogens is 319 g/mol. The topological polar surface area (TPSA) is 24.9 Å². The lowest BCUT2D eigenvalue weighted by Gasteiger charge is -2.08. The molecule has 0 aliphatic heterocycles. The van der Waals surface area contributed by atoms with Crippen LogP contribution in [0.25, 0.3) is 10.9 Å². The Balaban J connectivity index is 1.77. The first-order valence-corrected chi connectivity index (χ1v) is 7.04. The van der Waals surface area contributed by atoms with E-state index in [0.29, 0.717) is 11.0 Å². The van der Waals surface area contributed by atoms with E-state index < -0.39 is 0 Å². The molecule has 0 saturated carbocycles. The number of nitrogens with zero attached hydrogens (tertiary/aromatic N) is 1. The summed E-state index contributed by atoms with van der Waals surface area (Å²) in [5, 5.41) is 4.32. The van der Waals surface area contributed by atoms with E-state index in [1.54, 1.807) is 12.3 Å². The van der Waals surface area contributed by atoms with Crippen LogP contribution in [0.5, 0.6) is 0 Å². The number of fused-ring (bicyclic) bond motifs is 1. The molecule has 1 aromatic heterocycles. The molecule has 1 heterocycles. The van der Waals surface area contributed by atoms with Crippen molar-refractivity contribution in [3.8, 4) is 0 Å². The fraction of sp³-hybridized carbons (Fsp3) is 0.0625. The summed E-state index contributed by atoms with van der Waals surface area (Å²) >= 11 is 3.14. The summed E-state index contributed by atoms with van der Waals surface area (Å²) in [6.45, 7) is 0.645. The third-order valence-electron chi connectivity index (χ3n) is 3.08. The summed E-state index contributed by atoms with van der Waals surface area (Å²) in [5.41, 5.74) is 2.87. The van der Waals surface area contributed by atoms with Gasteiger partial charge in [-0.2, -0.15) is 0 Å². The van der Waals surface area contributed by atoms with E-state index in [2.05, 4.69) is 32.3 Å². The molecule has 0 radical (unpaired) electrons. The van der Waals surface area contributed by atoms with Gasteiger partial charge in [-0.1, -0.05) is 12.1 Å². The van der Waals surface area contributed by atoms with E-state index in [0.717, 1.165) is 22.2 Å². The first kappa shape index (κ1) is 13.1. The zero-order chi connectivity index (χ0) is 13.9. The lowest BCUT2D eigenvalue weighted by Crippen LogP contribution is -1.99. The molecule has 20 heavy (non-hydrogen) atoms. The van der Waals surface area contributed by atoms with Crippen LogP contribution in [0.3, 0.4) is 0 Å². The minimum atomic E-state index is -0.266. The number of pyridine rings is 1. The van der Waals surface area contributed by atoms with Gasteiger partial charge >= 0.3 is 0 Å². The number of hydrogen-bond acceptors (Lipinski definition) is 2. The molecule has 0 saturated heterocycles. The summed E-state index contributed by atoms with van der Waals surface area (Å²) in [6, 6.07) is 15.1. The van der Waals surface area contributed by atoms with E-state index in [-0.39, 0.29) is 5.82 Å². The Morgan fingerprint density at radius 1 is 1.10 bits per heavy atom. The van der Waals surface area contributed by atoms with Gasteiger partial charge in [0.15, 0.2) is 0 Å². The Morgan fingerprint density at radius 2 is 2.00 bits per heavy atom. The van der Waals surface area contributed by atoms with Crippen molar-refractivity contribution in [2.45, 2.75) is 6.54 Å². The standard InChI is InChI=1S/C16H12BrFN2/c17-14-5-4-13(9-15(14)18)20-10-11-3-6-16-12(8-11)2-1-7-19-16/h1-9,20H,10H2. The third kappa shape index (κ3) is 2.80. The normalized spacial score (nSPS) is 10.7. The smallest absolute Gasteiger partial charge is 0.139 e. The maximum atomic E-state index is 13.4. The van der Waals surface area contributed by atoms with Crippen molar-refractivity contribution >= 4 is 32.5 Å². The number of halogens is 2. The molecule has 3 aromatic rings. The van der Waals surface area contributed by atoms with Gasteiger partial charge in [-0.3, -0.25) is 4.98 Å². The average Bonchev–Trinajstić information content (AvgIpc) is 2.48. The van der Waals surface area contributed by atoms with Gasteiger partial charge in [0, 0.05) is 23.8 Å². The van der Waals surface area contributed by atoms with Crippen LogP contribution in [-0.2, 0) is 6.54 Å². The van der Waals surface area contributed by atoms with E-state index in [1.165, 1.54) is 6.07 Å². The molecule has 3 rings (SSSR count). The van der Waals surface area contributed by atoms with Gasteiger partial charge < -0.3 is 5.32 Å². The maximum Gasteiger partial charge on any atom is 0.139 e. The number of rotatable bonds is 3. The van der Waals surface area contributed by atoms with Crippen LogP contribution in [0, 0.1) is 5.82 Å². The molecule has 0 amide bonds. The van der Waals surface area contributed by atoms with Crippen LogP contribution in [0.1, 0.15) is 5.56 Å². The molecule has 1 N–H and O–H groups in total. The summed E-state index contributed by atoms with van der Waals surface area (Å²) in [6.07, 6.45) is 1.78. The number of nitrogens with one attached hydrogen (secondary N) is 1. The number of hydrogen-bond donors (Lipinski definition) is 1. The van der Waals surface area contributed by atoms with E-state index in [9.17, 15) is 4.39 Å². The first-order valence-electron chi connectivity index (χ1n) is 6.25. The fourth-order valence-electron chi connectivity index (χ4n) is 2.05. The Morgan fingerprint density at radius 3 is 2.85 bits per heavy atom. The summed E-state index contributed by atoms with van der Waals surface area (Å²) < 4.78 is 13.9. The largest absolute Gasteiger partial charge is 0.381 e. The zero-order valence-electron chi connectivity index (χ0n) is 10.6. The molecule has 100 valence electrons. The average molecular weight is 331 g/mol. The second-order valence-corrected chi connectivity index (χ2v) is 5.37. The molecule has 0 spiro atoms. The summed E-state index contributed by atoms with van der Waals surface area (Å²) in [7, 11) is 0. The van der Waals surface area contributed by atoms with Gasteiger partial charge in [0.25, 0.3) is 0 Å². The van der Waals surface area contributed by atoms with Gasteiger partial charge in [0.1, 0.15) is 5.82 Å². The quantitative estimate of drug-likeness (QED) is 0.749. The summed E-state index contributed by atoms with van der Waals surface area (Å²) in [4.78, 5) is 4.29. The molecule has 0 bridgehead atoms. The van der Waals surface area contributed by atoms with Gasteiger partial charge in [-0.15, -0.1) is 0 Å². The Kier molecular flexibility index (Phi) is 3.65. The molecular formula is C16H12BrFN2. The first-order chi connectivity index (χ1) is 9.72. The third-order valence-corrected chi connectivity index (χ3v) is 3.73. The van der Waals surface area contributed by atoms with Crippen molar-refractivity contribution in [1.82, 2.24) is 4.98 Å². The van der Waals surface area contributed by atoms with Crippen LogP contribution < -0.4 is 5.32 Å². The van der Waals surface area contributed by atoms with Crippen LogP contribution in [0.4, 0.5) is 10.1 Å². The molecule has 0 aliphatic rings. The predicted octanol–water partition coefficient (Wildman–Crippen LogP) is 4.75. The van der Waals surface area contributed by atoms with Gasteiger partial charge in [0.2, 0.25) is 0 Å². The second kappa shape index (κ2) is 5.59. The minimum Gasteiger partial charge on any atom is -0.381 e. The lowest BCUT2D eigenvalue weighted by molar-refractivity contribution is 0.621. The zero-order valence-corrected chi connectivity index (χ0v) is 12.2. The van der Waals surface area contributed by atoms with Crippen molar-refractivity contribution < 1.29 is 4.39 Å². The Hall–Kier alpha value is -1.94. The lowest BCUT2D eigenvalue weighted by atomic mass is 10.1. The SMILES string of the molecule is Fc1cc(NCc2ccc3ncccc3c2)ccc1Br. The van der Waals surface area contributed by atoms with Crippen molar-refractivity contribution in [1.29, 1.82) is 0 Å². The molecule has 0 fully saturated rings. The van der Waals surface area contributed by atoms with Gasteiger partial charge in [0.05, 0.1) is 9.99 Å². The Labute approximate surface area is 124 Å². The van der Waals surface area contributed by atoms with Crippen molar-refractivity contribution in [2.24, 2.45) is 0 Å². The van der Waals surface area contributed by atoms with Crippen molar-refractivity contribution in [2.75, 3.05) is 5.32 Å². The van der Waals surface area contributed by atoms with Crippen LogP contribution in [0.15, 0.2) is 59.2 Å². The monoisotopic (exact) mass is 330 g/mol. The summed E-state index contributed by atoms with van der Waals surface area (Å²) in [5.74, 6) is -0.266. The van der Waals surface area contributed by atoms with E-state index in [1.807, 2.05) is 30.3 Å². The highest BCUT2D eigenvalue weighted by Gasteiger charge is 2.01. The van der Waals surface area contributed by atoms with Gasteiger partial charge in [-0.05, 0) is 57.9 Å². The van der Waals surface area contributed by atoms with Crippen LogP contribution in [-0.4, -0.2) is 4.98 Å². The molecule has 4 heteroatoms. The molecule has 0 unspecified atom stereocenters. The fourth-order valence-corrected chi connectivity index (χ4v) is 2.29. The predicted molar refractivity (Wildman–Crippen MR) is 83.2 cm³/mol. The number of aromatic nitrogens is 1. The highest BCUT2D eigenvalue weighted by atomic mass is 79.9. The molecule has 0 atom stereocenters. The molecule has 2 nitrogen and oxygen atoms in total. The highest BCUT2D eigenvalue weighted by molar-refractivity contribution is 9.10. The van der Waals surface area contributed by atoms with E-state index >= 15 is 0 Å². The van der Waals surface area contributed by atoms with Gasteiger partial charge in [-0.25, -0.2) is 4.39 Å². The molecule has 0 aliphatic carbocycles. The van der Waals surface area contributed by atoms with Crippen LogP contribution >= 0.6 is 15.9 Å². The van der Waals surface area contributed by atoms with Crippen LogP contribution in [0.2, 0.25) is 0 Å². The maximum absolute atomic E-state index is 13.4. The number of benzene rings is 2.